The van der Waals surface area contributed by atoms with Gasteiger partial charge in [0.05, 0.1) is 17.1 Å². The monoisotopic (exact) mass is 253 g/mol. The molecule has 1 aromatic rings. The van der Waals surface area contributed by atoms with Gasteiger partial charge in [-0.2, -0.15) is 0 Å². The Kier molecular flexibility index (Phi) is 3.52. The van der Waals surface area contributed by atoms with Gasteiger partial charge in [0.1, 0.15) is 0 Å². The van der Waals surface area contributed by atoms with E-state index in [0.717, 1.165) is 5.01 Å². The largest absolute Gasteiger partial charge is 0.481 e. The number of carbonyl (C=O) groups is 1. The normalized spacial score (nSPS) is 17.5. The summed E-state index contributed by atoms with van der Waals surface area (Å²) in [5.74, 6) is -0.145. The second-order valence-electron chi connectivity index (χ2n) is 5.51. The average molecular weight is 253 g/mol. The fourth-order valence-corrected chi connectivity index (χ4v) is 3.49. The fraction of sp³-hybridized carbons (Fsp3) is 0.692. The van der Waals surface area contributed by atoms with Gasteiger partial charge < -0.3 is 5.11 Å². The molecule has 1 saturated carbocycles. The van der Waals surface area contributed by atoms with Gasteiger partial charge in [-0.1, -0.05) is 26.7 Å². The van der Waals surface area contributed by atoms with Crippen LogP contribution in [0.15, 0.2) is 5.38 Å². The third-order valence-corrected chi connectivity index (χ3v) is 4.69. The summed E-state index contributed by atoms with van der Waals surface area (Å²) < 4.78 is 0. The molecule has 4 heteroatoms. The van der Waals surface area contributed by atoms with E-state index in [1.165, 1.54) is 31.4 Å². The molecule has 94 valence electrons. The summed E-state index contributed by atoms with van der Waals surface area (Å²) in [6, 6.07) is 0. The van der Waals surface area contributed by atoms with Crippen molar-refractivity contribution in [3.05, 3.63) is 16.1 Å². The van der Waals surface area contributed by atoms with Crippen molar-refractivity contribution in [3.63, 3.8) is 0 Å². The Labute approximate surface area is 106 Å². The lowest BCUT2D eigenvalue weighted by Gasteiger charge is -2.19. The number of thiazole rings is 1. The topological polar surface area (TPSA) is 50.2 Å². The van der Waals surface area contributed by atoms with Crippen molar-refractivity contribution >= 4 is 17.3 Å². The van der Waals surface area contributed by atoms with Crippen molar-refractivity contribution in [2.45, 2.75) is 57.3 Å². The van der Waals surface area contributed by atoms with Gasteiger partial charge in [-0.3, -0.25) is 4.79 Å². The predicted molar refractivity (Wildman–Crippen MR) is 68.6 cm³/mol. The SMILES string of the molecule is CC(C)(CC(=O)O)c1nc(C2CCCC2)cs1. The lowest BCUT2D eigenvalue weighted by atomic mass is 9.90. The molecule has 1 aliphatic rings. The van der Waals surface area contributed by atoms with Gasteiger partial charge in [-0.05, 0) is 12.8 Å². The number of hydrogen-bond acceptors (Lipinski definition) is 3. The first-order valence-electron chi connectivity index (χ1n) is 6.17. The number of carboxylic acid groups (broad SMARTS) is 1. The molecule has 17 heavy (non-hydrogen) atoms. The molecule has 0 spiro atoms. The number of nitrogens with zero attached hydrogens (tertiary/aromatic N) is 1. The van der Waals surface area contributed by atoms with Gasteiger partial charge in [-0.25, -0.2) is 4.98 Å². The number of aliphatic carboxylic acids is 1. The van der Waals surface area contributed by atoms with Crippen molar-refractivity contribution in [1.29, 1.82) is 0 Å². The molecule has 0 atom stereocenters. The Balaban J connectivity index is 2.14. The number of rotatable bonds is 4. The summed E-state index contributed by atoms with van der Waals surface area (Å²) in [5, 5.41) is 12.0. The van der Waals surface area contributed by atoms with E-state index in [2.05, 4.69) is 10.4 Å². The molecular formula is C13H19NO2S. The standard InChI is InChI=1S/C13H19NO2S/c1-13(2,7-11(15)16)12-14-10(8-17-12)9-5-3-4-6-9/h8-9H,3-7H2,1-2H3,(H,15,16). The Hall–Kier alpha value is -0.900. The minimum absolute atomic E-state index is 0.143. The highest BCUT2D eigenvalue weighted by Gasteiger charge is 2.29. The first-order chi connectivity index (χ1) is 7.99. The smallest absolute Gasteiger partial charge is 0.304 e. The van der Waals surface area contributed by atoms with Crippen molar-refractivity contribution in [3.8, 4) is 0 Å². The number of hydrogen-bond donors (Lipinski definition) is 1. The first-order valence-corrected chi connectivity index (χ1v) is 7.05. The highest BCUT2D eigenvalue weighted by Crippen LogP contribution is 2.37. The third kappa shape index (κ3) is 2.86. The maximum absolute atomic E-state index is 10.8. The minimum Gasteiger partial charge on any atom is -0.481 e. The van der Waals surface area contributed by atoms with Gasteiger partial charge in [0, 0.05) is 16.7 Å². The molecule has 1 aromatic heterocycles. The molecule has 1 fully saturated rings. The molecular weight excluding hydrogens is 234 g/mol. The van der Waals surface area contributed by atoms with Crippen LogP contribution in [0.5, 0.6) is 0 Å². The molecule has 0 saturated heterocycles. The quantitative estimate of drug-likeness (QED) is 0.892. The summed E-state index contributed by atoms with van der Waals surface area (Å²) in [7, 11) is 0. The predicted octanol–water partition coefficient (Wildman–Crippen LogP) is 3.55. The molecule has 2 rings (SSSR count). The van der Waals surface area contributed by atoms with E-state index in [-0.39, 0.29) is 11.8 Å². The van der Waals surface area contributed by atoms with Crippen LogP contribution in [0.25, 0.3) is 0 Å². The molecule has 1 aliphatic carbocycles. The average Bonchev–Trinajstić information content (AvgIpc) is 2.87. The van der Waals surface area contributed by atoms with E-state index < -0.39 is 5.97 Å². The Morgan fingerprint density at radius 2 is 2.18 bits per heavy atom. The highest BCUT2D eigenvalue weighted by atomic mass is 32.1. The van der Waals surface area contributed by atoms with Crippen LogP contribution in [0.1, 0.15) is 62.6 Å². The summed E-state index contributed by atoms with van der Waals surface area (Å²) in [6.45, 7) is 3.91. The van der Waals surface area contributed by atoms with Gasteiger partial charge in [-0.15, -0.1) is 11.3 Å². The molecule has 0 aromatic carbocycles. The summed E-state index contributed by atoms with van der Waals surface area (Å²) >= 11 is 1.61. The Bertz CT molecular complexity index is 405. The van der Waals surface area contributed by atoms with Crippen LogP contribution >= 0.6 is 11.3 Å². The van der Waals surface area contributed by atoms with E-state index >= 15 is 0 Å². The molecule has 3 nitrogen and oxygen atoms in total. The molecule has 0 bridgehead atoms. The summed E-state index contributed by atoms with van der Waals surface area (Å²) in [6.07, 6.45) is 5.22. The van der Waals surface area contributed by atoms with Gasteiger partial charge in [0.2, 0.25) is 0 Å². The van der Waals surface area contributed by atoms with Crippen LogP contribution in [0, 0.1) is 0 Å². The van der Waals surface area contributed by atoms with Gasteiger partial charge in [0.15, 0.2) is 0 Å². The van der Waals surface area contributed by atoms with Crippen molar-refractivity contribution in [2.24, 2.45) is 0 Å². The number of carboxylic acids is 1. The molecule has 1 heterocycles. The van der Waals surface area contributed by atoms with Crippen LogP contribution in [-0.4, -0.2) is 16.1 Å². The van der Waals surface area contributed by atoms with Crippen molar-refractivity contribution in [1.82, 2.24) is 4.98 Å². The second-order valence-corrected chi connectivity index (χ2v) is 6.37. The van der Waals surface area contributed by atoms with Gasteiger partial charge in [0.25, 0.3) is 0 Å². The first kappa shape index (κ1) is 12.6. The van der Waals surface area contributed by atoms with Crippen LogP contribution in [0.4, 0.5) is 0 Å². The van der Waals surface area contributed by atoms with E-state index in [4.69, 9.17) is 5.11 Å². The maximum Gasteiger partial charge on any atom is 0.304 e. The Morgan fingerprint density at radius 1 is 1.53 bits per heavy atom. The van der Waals surface area contributed by atoms with Gasteiger partial charge >= 0.3 is 5.97 Å². The lowest BCUT2D eigenvalue weighted by molar-refractivity contribution is -0.138. The van der Waals surface area contributed by atoms with Crippen LogP contribution in [0.2, 0.25) is 0 Å². The molecule has 1 N–H and O–H groups in total. The van der Waals surface area contributed by atoms with Crippen LogP contribution < -0.4 is 0 Å². The molecule has 0 unspecified atom stereocenters. The zero-order valence-corrected chi connectivity index (χ0v) is 11.2. The Morgan fingerprint density at radius 3 is 2.76 bits per heavy atom. The van der Waals surface area contributed by atoms with E-state index in [1.807, 2.05) is 13.8 Å². The zero-order valence-electron chi connectivity index (χ0n) is 10.4. The van der Waals surface area contributed by atoms with E-state index in [9.17, 15) is 4.79 Å². The van der Waals surface area contributed by atoms with Crippen LogP contribution in [-0.2, 0) is 10.2 Å². The molecule has 0 amide bonds. The second kappa shape index (κ2) is 4.77. The third-order valence-electron chi connectivity index (χ3n) is 3.47. The minimum atomic E-state index is -0.757. The summed E-state index contributed by atoms with van der Waals surface area (Å²) in [4.78, 5) is 15.5. The lowest BCUT2D eigenvalue weighted by Crippen LogP contribution is -2.21. The molecule has 0 radical (unpaired) electrons. The van der Waals surface area contributed by atoms with Crippen molar-refractivity contribution < 1.29 is 9.90 Å². The maximum atomic E-state index is 10.8. The fourth-order valence-electron chi connectivity index (χ4n) is 2.46. The zero-order chi connectivity index (χ0) is 12.5. The van der Waals surface area contributed by atoms with E-state index in [1.54, 1.807) is 11.3 Å². The highest BCUT2D eigenvalue weighted by molar-refractivity contribution is 7.09. The number of aromatic nitrogens is 1. The van der Waals surface area contributed by atoms with Crippen LogP contribution in [0.3, 0.4) is 0 Å². The van der Waals surface area contributed by atoms with E-state index in [0.29, 0.717) is 5.92 Å². The molecule has 0 aliphatic heterocycles. The summed E-state index contributed by atoms with van der Waals surface area (Å²) in [5.41, 5.74) is 0.828. The van der Waals surface area contributed by atoms with Crippen molar-refractivity contribution in [2.75, 3.05) is 0 Å².